The van der Waals surface area contributed by atoms with Crippen LogP contribution in [0.5, 0.6) is 5.75 Å². The van der Waals surface area contributed by atoms with Gasteiger partial charge in [0.25, 0.3) is 0 Å². The lowest BCUT2D eigenvalue weighted by Crippen LogP contribution is -2.34. The summed E-state index contributed by atoms with van der Waals surface area (Å²) in [6.07, 6.45) is 3.16. The molecule has 0 radical (unpaired) electrons. The van der Waals surface area contributed by atoms with Gasteiger partial charge in [-0.3, -0.25) is 4.90 Å². The summed E-state index contributed by atoms with van der Waals surface area (Å²) in [7, 11) is 3.80. The fraction of sp³-hybridized carbons (Fsp3) is 0.400. The normalized spacial score (nSPS) is 22.3. The molecule has 9 nitrogen and oxygen atoms in total. The van der Waals surface area contributed by atoms with Crippen LogP contribution in [0, 0.1) is 0 Å². The zero-order chi connectivity index (χ0) is 23.3. The number of anilines is 3. The predicted octanol–water partition coefficient (Wildman–Crippen LogP) is 3.49. The Morgan fingerprint density at radius 1 is 1.21 bits per heavy atom. The van der Waals surface area contributed by atoms with Crippen molar-refractivity contribution in [2.24, 2.45) is 0 Å². The third-order valence-electron chi connectivity index (χ3n) is 6.89. The third kappa shape index (κ3) is 3.70. The van der Waals surface area contributed by atoms with Gasteiger partial charge in [0.2, 0.25) is 5.95 Å². The Labute approximate surface area is 197 Å². The van der Waals surface area contributed by atoms with Crippen LogP contribution in [0.15, 0.2) is 36.5 Å². The summed E-state index contributed by atoms with van der Waals surface area (Å²) in [5.41, 5.74) is 4.37. The van der Waals surface area contributed by atoms with Gasteiger partial charge in [0.1, 0.15) is 5.75 Å². The lowest BCUT2D eigenvalue weighted by molar-refractivity contribution is 0.0435. The highest BCUT2D eigenvalue weighted by Crippen LogP contribution is 2.36. The first-order chi connectivity index (χ1) is 16.5. The molecule has 0 aliphatic carbocycles. The number of fused-ring (bicyclic) bond motifs is 2. The average molecular weight is 462 g/mol. The molecule has 2 saturated heterocycles. The van der Waals surface area contributed by atoms with E-state index in [0.717, 1.165) is 54.0 Å². The summed E-state index contributed by atoms with van der Waals surface area (Å²) in [6.45, 7) is 3.47. The molecule has 3 aliphatic heterocycles. The molecular formula is C25H27N5O4. The molecule has 6 rings (SSSR count). The summed E-state index contributed by atoms with van der Waals surface area (Å²) in [5.74, 6) is 1.24. The number of hydrogen-bond donors (Lipinski definition) is 1. The summed E-state index contributed by atoms with van der Waals surface area (Å²) >= 11 is 0. The lowest BCUT2D eigenvalue weighted by atomic mass is 9.99. The van der Waals surface area contributed by atoms with Crippen LogP contribution in [0.1, 0.15) is 17.5 Å². The number of methoxy groups -OCH3 is 1. The highest BCUT2D eigenvalue weighted by Gasteiger charge is 2.48. The van der Waals surface area contributed by atoms with Gasteiger partial charge in [-0.05, 0) is 54.9 Å². The van der Waals surface area contributed by atoms with Crippen LogP contribution in [0.2, 0.25) is 0 Å². The van der Waals surface area contributed by atoms with E-state index >= 15 is 0 Å². The van der Waals surface area contributed by atoms with Gasteiger partial charge in [-0.1, -0.05) is 0 Å². The SMILES string of the molecule is COc1cc2c(cc1Nc1ncc3ccc(N4C[C@@]5(CCOC5)OC4=O)cc3n1)CN(C)CC2. The topological polar surface area (TPSA) is 89.1 Å². The first kappa shape index (κ1) is 21.1. The molecular weight excluding hydrogens is 434 g/mol. The Bertz CT molecular complexity index is 1270. The summed E-state index contributed by atoms with van der Waals surface area (Å²) < 4.78 is 16.8. The van der Waals surface area contributed by atoms with Crippen molar-refractivity contribution in [2.75, 3.05) is 50.7 Å². The molecule has 9 heteroatoms. The van der Waals surface area contributed by atoms with Crippen LogP contribution in [0.25, 0.3) is 10.9 Å². The van der Waals surface area contributed by atoms with Gasteiger partial charge in [0.15, 0.2) is 5.60 Å². The van der Waals surface area contributed by atoms with E-state index in [1.54, 1.807) is 18.2 Å². The minimum absolute atomic E-state index is 0.346. The lowest BCUT2D eigenvalue weighted by Gasteiger charge is -2.26. The highest BCUT2D eigenvalue weighted by atomic mass is 16.6. The van der Waals surface area contributed by atoms with E-state index in [1.807, 2.05) is 18.2 Å². The van der Waals surface area contributed by atoms with Crippen LogP contribution in [0.3, 0.4) is 0 Å². The van der Waals surface area contributed by atoms with Crippen LogP contribution in [-0.4, -0.2) is 67.0 Å². The highest BCUT2D eigenvalue weighted by molar-refractivity contribution is 5.93. The van der Waals surface area contributed by atoms with Crippen molar-refractivity contribution in [3.63, 3.8) is 0 Å². The quantitative estimate of drug-likeness (QED) is 0.632. The number of hydrogen-bond acceptors (Lipinski definition) is 8. The van der Waals surface area contributed by atoms with Crippen molar-refractivity contribution in [3.8, 4) is 5.75 Å². The molecule has 0 unspecified atom stereocenters. The predicted molar refractivity (Wildman–Crippen MR) is 128 cm³/mol. The van der Waals surface area contributed by atoms with Gasteiger partial charge in [0, 0.05) is 36.8 Å². The van der Waals surface area contributed by atoms with Gasteiger partial charge in [-0.25, -0.2) is 14.8 Å². The van der Waals surface area contributed by atoms with E-state index in [1.165, 1.54) is 11.1 Å². The number of nitrogens with zero attached hydrogens (tertiary/aromatic N) is 4. The zero-order valence-electron chi connectivity index (χ0n) is 19.3. The zero-order valence-corrected chi connectivity index (χ0v) is 19.3. The Balaban J connectivity index is 1.30. The second kappa shape index (κ2) is 8.11. The van der Waals surface area contributed by atoms with E-state index in [0.29, 0.717) is 25.7 Å². The van der Waals surface area contributed by atoms with Crippen LogP contribution >= 0.6 is 0 Å². The maximum absolute atomic E-state index is 12.6. The molecule has 34 heavy (non-hydrogen) atoms. The average Bonchev–Trinajstić information content (AvgIpc) is 3.43. The Hall–Kier alpha value is -3.43. The number of rotatable bonds is 4. The number of carbonyl (C=O) groups excluding carboxylic acids is 1. The summed E-state index contributed by atoms with van der Waals surface area (Å²) in [4.78, 5) is 25.8. The number of aromatic nitrogens is 2. The van der Waals surface area contributed by atoms with Crippen LogP contribution < -0.4 is 15.0 Å². The van der Waals surface area contributed by atoms with Gasteiger partial charge in [-0.2, -0.15) is 0 Å². The molecule has 176 valence electrons. The smallest absolute Gasteiger partial charge is 0.415 e. The second-order valence-corrected chi connectivity index (χ2v) is 9.31. The van der Waals surface area contributed by atoms with E-state index < -0.39 is 5.60 Å². The molecule has 4 heterocycles. The first-order valence-corrected chi connectivity index (χ1v) is 11.5. The molecule has 1 atom stereocenters. The van der Waals surface area contributed by atoms with E-state index in [2.05, 4.69) is 34.4 Å². The van der Waals surface area contributed by atoms with Gasteiger partial charge in [-0.15, -0.1) is 0 Å². The molecule has 0 bridgehead atoms. The number of nitrogens with one attached hydrogen (secondary N) is 1. The molecule has 0 saturated carbocycles. The number of ether oxygens (including phenoxy) is 3. The van der Waals surface area contributed by atoms with Gasteiger partial charge >= 0.3 is 6.09 Å². The molecule has 3 aromatic rings. The molecule has 3 aliphatic rings. The van der Waals surface area contributed by atoms with E-state index in [-0.39, 0.29) is 6.09 Å². The largest absolute Gasteiger partial charge is 0.495 e. The van der Waals surface area contributed by atoms with Crippen molar-refractivity contribution in [3.05, 3.63) is 47.7 Å². The van der Waals surface area contributed by atoms with Crippen molar-refractivity contribution < 1.29 is 19.0 Å². The second-order valence-electron chi connectivity index (χ2n) is 9.31. The number of amides is 1. The molecule has 1 N–H and O–H groups in total. The summed E-state index contributed by atoms with van der Waals surface area (Å²) in [6, 6.07) is 9.95. The van der Waals surface area contributed by atoms with Crippen molar-refractivity contribution in [1.82, 2.24) is 14.9 Å². The minimum Gasteiger partial charge on any atom is -0.495 e. The number of carbonyl (C=O) groups is 1. The Kier molecular flexibility index (Phi) is 5.04. The van der Waals surface area contributed by atoms with Gasteiger partial charge in [0.05, 0.1) is 38.1 Å². The number of likely N-dealkylation sites (N-methyl/N-ethyl adjacent to an activating group) is 1. The maximum atomic E-state index is 12.6. The fourth-order valence-corrected chi connectivity index (χ4v) is 4.97. The Morgan fingerprint density at radius 3 is 2.94 bits per heavy atom. The third-order valence-corrected chi connectivity index (χ3v) is 6.89. The molecule has 1 aromatic heterocycles. The van der Waals surface area contributed by atoms with E-state index in [9.17, 15) is 4.79 Å². The first-order valence-electron chi connectivity index (χ1n) is 11.5. The van der Waals surface area contributed by atoms with Crippen molar-refractivity contribution in [1.29, 1.82) is 0 Å². The molecule has 1 amide bonds. The molecule has 1 spiro atoms. The van der Waals surface area contributed by atoms with E-state index in [4.69, 9.17) is 19.2 Å². The van der Waals surface area contributed by atoms with Crippen LogP contribution in [-0.2, 0) is 22.4 Å². The summed E-state index contributed by atoms with van der Waals surface area (Å²) in [5, 5.41) is 4.22. The van der Waals surface area contributed by atoms with Crippen molar-refractivity contribution >= 4 is 34.3 Å². The monoisotopic (exact) mass is 461 g/mol. The van der Waals surface area contributed by atoms with Crippen LogP contribution in [0.4, 0.5) is 22.1 Å². The maximum Gasteiger partial charge on any atom is 0.415 e. The fourth-order valence-electron chi connectivity index (χ4n) is 4.97. The number of benzene rings is 2. The molecule has 2 aromatic carbocycles. The van der Waals surface area contributed by atoms with Gasteiger partial charge < -0.3 is 24.4 Å². The van der Waals surface area contributed by atoms with Crippen molar-refractivity contribution in [2.45, 2.75) is 25.0 Å². The standard InChI is InChI=1S/C25H27N5O4/c1-29-7-5-16-10-22(32-2)21(9-18(16)13-29)28-23-26-12-17-3-4-19(11-20(17)27-23)30-14-25(34-24(30)31)6-8-33-15-25/h3-4,9-12H,5-8,13-15H2,1-2H3,(H,26,27,28)/t25-/m1/s1. The molecule has 2 fully saturated rings. The Morgan fingerprint density at radius 2 is 2.12 bits per heavy atom. The minimum atomic E-state index is -0.540.